The SMILES string of the molecule is CNS(=O)(=O)c1cc(C(=O)Nc2ncc(Cc3cccc(OC)c3)s2)n(C)c1. The van der Waals surface area contributed by atoms with E-state index in [1.54, 1.807) is 20.4 Å². The van der Waals surface area contributed by atoms with E-state index in [0.29, 0.717) is 11.6 Å². The van der Waals surface area contributed by atoms with Gasteiger partial charge in [-0.05, 0) is 30.8 Å². The highest BCUT2D eigenvalue weighted by molar-refractivity contribution is 7.89. The van der Waals surface area contributed by atoms with Gasteiger partial charge in [-0.1, -0.05) is 12.1 Å². The van der Waals surface area contributed by atoms with Gasteiger partial charge in [-0.3, -0.25) is 10.1 Å². The molecule has 0 saturated carbocycles. The number of benzene rings is 1. The molecule has 0 aliphatic rings. The van der Waals surface area contributed by atoms with Crippen LogP contribution in [0.4, 0.5) is 5.13 Å². The molecule has 2 heterocycles. The zero-order chi connectivity index (χ0) is 20.3. The van der Waals surface area contributed by atoms with E-state index >= 15 is 0 Å². The Kier molecular flexibility index (Phi) is 5.82. The number of thiazole rings is 1. The van der Waals surface area contributed by atoms with Crippen molar-refractivity contribution < 1.29 is 17.9 Å². The fraction of sp³-hybridized carbons (Fsp3) is 0.222. The van der Waals surface area contributed by atoms with Crippen molar-refractivity contribution in [3.8, 4) is 5.75 Å². The van der Waals surface area contributed by atoms with Gasteiger partial charge in [-0.25, -0.2) is 18.1 Å². The van der Waals surface area contributed by atoms with Crippen molar-refractivity contribution >= 4 is 32.4 Å². The number of nitrogens with one attached hydrogen (secondary N) is 2. The Morgan fingerprint density at radius 3 is 2.82 bits per heavy atom. The minimum Gasteiger partial charge on any atom is -0.497 e. The highest BCUT2D eigenvalue weighted by Crippen LogP contribution is 2.24. The van der Waals surface area contributed by atoms with Gasteiger partial charge in [0.1, 0.15) is 16.3 Å². The Hall–Kier alpha value is -2.69. The van der Waals surface area contributed by atoms with Crippen molar-refractivity contribution in [1.29, 1.82) is 0 Å². The average molecular weight is 421 g/mol. The number of nitrogens with zero attached hydrogens (tertiary/aromatic N) is 2. The lowest BCUT2D eigenvalue weighted by molar-refractivity contribution is 0.101. The Labute approximate surface area is 167 Å². The Balaban J connectivity index is 1.72. The molecule has 1 aromatic carbocycles. The second-order valence-electron chi connectivity index (χ2n) is 5.99. The summed E-state index contributed by atoms with van der Waals surface area (Å²) in [5.41, 5.74) is 1.29. The first kappa shape index (κ1) is 20.1. The van der Waals surface area contributed by atoms with Crippen molar-refractivity contribution in [2.45, 2.75) is 11.3 Å². The fourth-order valence-electron chi connectivity index (χ4n) is 2.62. The van der Waals surface area contributed by atoms with Crippen LogP contribution in [-0.4, -0.2) is 38.0 Å². The third kappa shape index (κ3) is 4.41. The van der Waals surface area contributed by atoms with E-state index < -0.39 is 15.9 Å². The minimum absolute atomic E-state index is 0.0282. The van der Waals surface area contributed by atoms with Gasteiger partial charge in [-0.2, -0.15) is 0 Å². The zero-order valence-corrected chi connectivity index (χ0v) is 17.2. The summed E-state index contributed by atoms with van der Waals surface area (Å²) in [4.78, 5) is 17.8. The van der Waals surface area contributed by atoms with Crippen LogP contribution in [0.2, 0.25) is 0 Å². The first-order valence-corrected chi connectivity index (χ1v) is 10.6. The second-order valence-corrected chi connectivity index (χ2v) is 9.00. The number of sulfonamides is 1. The highest BCUT2D eigenvalue weighted by atomic mass is 32.2. The first-order valence-electron chi connectivity index (χ1n) is 8.31. The van der Waals surface area contributed by atoms with Crippen LogP contribution in [0.5, 0.6) is 5.75 Å². The normalized spacial score (nSPS) is 11.4. The summed E-state index contributed by atoms with van der Waals surface area (Å²) in [5.74, 6) is 0.355. The third-order valence-corrected chi connectivity index (χ3v) is 6.37. The van der Waals surface area contributed by atoms with Crippen LogP contribution in [0.15, 0.2) is 47.6 Å². The maximum Gasteiger partial charge on any atom is 0.274 e. The van der Waals surface area contributed by atoms with Crippen molar-refractivity contribution in [2.24, 2.45) is 7.05 Å². The summed E-state index contributed by atoms with van der Waals surface area (Å²) in [6, 6.07) is 9.07. The number of amides is 1. The van der Waals surface area contributed by atoms with Crippen LogP contribution < -0.4 is 14.8 Å². The van der Waals surface area contributed by atoms with Crippen LogP contribution in [-0.2, 0) is 23.5 Å². The van der Waals surface area contributed by atoms with Crippen LogP contribution in [0.1, 0.15) is 20.9 Å². The predicted octanol–water partition coefficient (Wildman–Crippen LogP) is 2.24. The topological polar surface area (TPSA) is 102 Å². The van der Waals surface area contributed by atoms with Gasteiger partial charge in [0, 0.05) is 30.7 Å². The predicted molar refractivity (Wildman–Crippen MR) is 108 cm³/mol. The molecule has 8 nitrogen and oxygen atoms in total. The molecule has 2 aromatic heterocycles. The molecule has 0 bridgehead atoms. The van der Waals surface area contributed by atoms with E-state index in [2.05, 4.69) is 15.0 Å². The molecule has 0 aliphatic heterocycles. The number of carbonyl (C=O) groups is 1. The number of aromatic nitrogens is 2. The first-order chi connectivity index (χ1) is 13.3. The lowest BCUT2D eigenvalue weighted by atomic mass is 10.1. The molecular formula is C18H20N4O4S2. The van der Waals surface area contributed by atoms with Crippen molar-refractivity contribution in [3.05, 3.63) is 58.9 Å². The molecule has 1 amide bonds. The van der Waals surface area contributed by atoms with E-state index in [-0.39, 0.29) is 10.6 Å². The van der Waals surface area contributed by atoms with Crippen molar-refractivity contribution in [1.82, 2.24) is 14.3 Å². The molecule has 0 radical (unpaired) electrons. The number of aryl methyl sites for hydroxylation is 1. The van der Waals surface area contributed by atoms with Crippen LogP contribution in [0.25, 0.3) is 0 Å². The number of ether oxygens (including phenoxy) is 1. The van der Waals surface area contributed by atoms with Crippen molar-refractivity contribution in [2.75, 3.05) is 19.5 Å². The third-order valence-electron chi connectivity index (χ3n) is 4.08. The van der Waals surface area contributed by atoms with Gasteiger partial charge in [-0.15, -0.1) is 11.3 Å². The summed E-state index contributed by atoms with van der Waals surface area (Å²) in [6.45, 7) is 0. The van der Waals surface area contributed by atoms with Crippen LogP contribution in [0.3, 0.4) is 0 Å². The number of methoxy groups -OCH3 is 1. The average Bonchev–Trinajstić information content (AvgIpc) is 3.28. The monoisotopic (exact) mass is 420 g/mol. The molecule has 3 aromatic rings. The smallest absolute Gasteiger partial charge is 0.274 e. The van der Waals surface area contributed by atoms with E-state index in [1.807, 2.05) is 24.3 Å². The van der Waals surface area contributed by atoms with Crippen LogP contribution in [0, 0.1) is 0 Å². The number of hydrogen-bond donors (Lipinski definition) is 2. The summed E-state index contributed by atoms with van der Waals surface area (Å²) in [5, 5.41) is 3.16. The Morgan fingerprint density at radius 2 is 2.11 bits per heavy atom. The molecule has 0 fully saturated rings. The minimum atomic E-state index is -3.62. The molecule has 2 N–H and O–H groups in total. The zero-order valence-electron chi connectivity index (χ0n) is 15.6. The van der Waals surface area contributed by atoms with Crippen molar-refractivity contribution in [3.63, 3.8) is 0 Å². The molecule has 148 valence electrons. The lowest BCUT2D eigenvalue weighted by Gasteiger charge is -2.03. The summed E-state index contributed by atoms with van der Waals surface area (Å²) in [7, 11) is 0.936. The van der Waals surface area contributed by atoms with E-state index in [9.17, 15) is 13.2 Å². The van der Waals surface area contributed by atoms with Gasteiger partial charge in [0.05, 0.1) is 7.11 Å². The molecule has 0 spiro atoms. The number of anilines is 1. The largest absolute Gasteiger partial charge is 0.497 e. The standard InChI is InChI=1S/C18H20N4O4S2/c1-19-28(24,25)15-9-16(22(2)11-15)17(23)21-18-20-10-14(27-18)8-12-5-4-6-13(7-12)26-3/h4-7,9-11,19H,8H2,1-3H3,(H,20,21,23). The number of rotatable bonds is 7. The van der Waals surface area contributed by atoms with Gasteiger partial charge in [0.15, 0.2) is 5.13 Å². The Morgan fingerprint density at radius 1 is 1.32 bits per heavy atom. The summed E-state index contributed by atoms with van der Waals surface area (Å²) < 4.78 is 32.7. The summed E-state index contributed by atoms with van der Waals surface area (Å²) in [6.07, 6.45) is 3.76. The molecular weight excluding hydrogens is 400 g/mol. The second kappa shape index (κ2) is 8.13. The maximum atomic E-state index is 12.5. The lowest BCUT2D eigenvalue weighted by Crippen LogP contribution is -2.18. The summed E-state index contributed by atoms with van der Waals surface area (Å²) >= 11 is 1.36. The molecule has 28 heavy (non-hydrogen) atoms. The molecule has 0 unspecified atom stereocenters. The molecule has 10 heteroatoms. The van der Waals surface area contributed by atoms with E-state index in [0.717, 1.165) is 16.2 Å². The van der Waals surface area contributed by atoms with Gasteiger partial charge >= 0.3 is 0 Å². The van der Waals surface area contributed by atoms with Gasteiger partial charge in [0.25, 0.3) is 5.91 Å². The molecule has 3 rings (SSSR count). The highest BCUT2D eigenvalue weighted by Gasteiger charge is 2.20. The number of hydrogen-bond acceptors (Lipinski definition) is 6. The van der Waals surface area contributed by atoms with Gasteiger partial charge < -0.3 is 9.30 Å². The molecule has 0 saturated heterocycles. The Bertz CT molecular complexity index is 1100. The maximum absolute atomic E-state index is 12.5. The fourth-order valence-corrected chi connectivity index (χ4v) is 4.26. The quantitative estimate of drug-likeness (QED) is 0.610. The molecule has 0 atom stereocenters. The van der Waals surface area contributed by atoms with E-state index in [1.165, 1.54) is 35.2 Å². The molecule has 0 aliphatic carbocycles. The number of carbonyl (C=O) groups excluding carboxylic acids is 1. The van der Waals surface area contributed by atoms with E-state index in [4.69, 9.17) is 4.74 Å². The van der Waals surface area contributed by atoms with Gasteiger partial charge in [0.2, 0.25) is 10.0 Å². The van der Waals surface area contributed by atoms with Crippen LogP contribution >= 0.6 is 11.3 Å².